The predicted molar refractivity (Wildman–Crippen MR) is 104 cm³/mol. The second-order valence-electron chi connectivity index (χ2n) is 6.14. The lowest BCUT2D eigenvalue weighted by atomic mass is 10.2. The van der Waals surface area contributed by atoms with Gasteiger partial charge in [0.05, 0.1) is 0 Å². The number of nitrogens with one attached hydrogen (secondary N) is 2. The molecule has 0 spiro atoms. The maximum absolute atomic E-state index is 12.1. The van der Waals surface area contributed by atoms with E-state index in [-0.39, 0.29) is 5.91 Å². The Morgan fingerprint density at radius 2 is 2.04 bits per heavy atom. The summed E-state index contributed by atoms with van der Waals surface area (Å²) in [6, 6.07) is 7.79. The van der Waals surface area contributed by atoms with E-state index in [1.165, 1.54) is 12.8 Å². The van der Waals surface area contributed by atoms with Crippen LogP contribution >= 0.6 is 15.9 Å². The molecule has 1 aliphatic rings. The maximum atomic E-state index is 12.1. The summed E-state index contributed by atoms with van der Waals surface area (Å²) in [7, 11) is 0. The van der Waals surface area contributed by atoms with Gasteiger partial charge in [0.1, 0.15) is 18.0 Å². The van der Waals surface area contributed by atoms with Crippen molar-refractivity contribution < 1.29 is 4.79 Å². The molecule has 0 atom stereocenters. The minimum atomic E-state index is -0.0254. The molecule has 1 aromatic heterocycles. The molecule has 0 saturated carbocycles. The van der Waals surface area contributed by atoms with Gasteiger partial charge in [-0.1, -0.05) is 22.0 Å². The van der Waals surface area contributed by atoms with Gasteiger partial charge in [-0.15, -0.1) is 0 Å². The molecule has 132 valence electrons. The molecule has 0 bridgehead atoms. The van der Waals surface area contributed by atoms with Crippen LogP contribution in [-0.2, 0) is 4.79 Å². The summed E-state index contributed by atoms with van der Waals surface area (Å²) in [6.07, 6.45) is 4.36. The quantitative estimate of drug-likeness (QED) is 0.770. The van der Waals surface area contributed by atoms with Crippen LogP contribution in [0, 0.1) is 6.92 Å². The molecule has 1 aromatic carbocycles. The van der Waals surface area contributed by atoms with Gasteiger partial charge >= 0.3 is 0 Å². The molecule has 6 nitrogen and oxygen atoms in total. The molecule has 0 aliphatic carbocycles. The van der Waals surface area contributed by atoms with Crippen LogP contribution in [0.5, 0.6) is 0 Å². The van der Waals surface area contributed by atoms with Crippen molar-refractivity contribution in [2.75, 3.05) is 35.2 Å². The van der Waals surface area contributed by atoms with Crippen LogP contribution in [0.25, 0.3) is 0 Å². The highest BCUT2D eigenvalue weighted by molar-refractivity contribution is 9.10. The number of amides is 1. The zero-order valence-electron chi connectivity index (χ0n) is 14.3. The first-order chi connectivity index (χ1) is 12.1. The van der Waals surface area contributed by atoms with Crippen molar-refractivity contribution in [2.24, 2.45) is 0 Å². The van der Waals surface area contributed by atoms with Crippen LogP contribution in [0.4, 0.5) is 17.3 Å². The standard InChI is InChI=1S/C18H22BrN5O/c1-13-4-5-14(19)10-15(13)23-18(25)6-7-20-16-11-17(22-12-21-16)24-8-2-3-9-24/h4-5,10-12H,2-3,6-9H2,1H3,(H,23,25)(H,20,21,22). The Balaban J connectivity index is 1.50. The summed E-state index contributed by atoms with van der Waals surface area (Å²) >= 11 is 3.42. The van der Waals surface area contributed by atoms with Gasteiger partial charge in [0.25, 0.3) is 0 Å². The molecule has 0 radical (unpaired) electrons. The number of halogens is 1. The highest BCUT2D eigenvalue weighted by atomic mass is 79.9. The summed E-state index contributed by atoms with van der Waals surface area (Å²) in [5.74, 6) is 1.68. The summed E-state index contributed by atoms with van der Waals surface area (Å²) in [5, 5.41) is 6.15. The van der Waals surface area contributed by atoms with E-state index in [2.05, 4.69) is 41.4 Å². The Morgan fingerprint density at radius 1 is 1.24 bits per heavy atom. The number of hydrogen-bond acceptors (Lipinski definition) is 5. The Labute approximate surface area is 156 Å². The number of hydrogen-bond donors (Lipinski definition) is 2. The summed E-state index contributed by atoms with van der Waals surface area (Å²) < 4.78 is 0.946. The van der Waals surface area contributed by atoms with Crippen molar-refractivity contribution in [2.45, 2.75) is 26.2 Å². The molecule has 7 heteroatoms. The van der Waals surface area contributed by atoms with Gasteiger partial charge in [0.15, 0.2) is 0 Å². The van der Waals surface area contributed by atoms with E-state index in [0.29, 0.717) is 13.0 Å². The fourth-order valence-electron chi connectivity index (χ4n) is 2.81. The van der Waals surface area contributed by atoms with Crippen LogP contribution in [0.15, 0.2) is 35.1 Å². The van der Waals surface area contributed by atoms with Gasteiger partial charge in [-0.3, -0.25) is 4.79 Å². The Morgan fingerprint density at radius 3 is 2.84 bits per heavy atom. The van der Waals surface area contributed by atoms with E-state index in [1.54, 1.807) is 6.33 Å². The fraction of sp³-hybridized carbons (Fsp3) is 0.389. The monoisotopic (exact) mass is 403 g/mol. The maximum Gasteiger partial charge on any atom is 0.226 e. The van der Waals surface area contributed by atoms with Crippen LogP contribution in [0.2, 0.25) is 0 Å². The topological polar surface area (TPSA) is 70.2 Å². The largest absolute Gasteiger partial charge is 0.369 e. The smallest absolute Gasteiger partial charge is 0.226 e. The molecule has 3 rings (SSSR count). The average molecular weight is 404 g/mol. The first-order valence-electron chi connectivity index (χ1n) is 8.49. The zero-order chi connectivity index (χ0) is 17.6. The van der Waals surface area contributed by atoms with Gasteiger partial charge in [-0.25, -0.2) is 9.97 Å². The highest BCUT2D eigenvalue weighted by Gasteiger charge is 2.14. The van der Waals surface area contributed by atoms with Crippen LogP contribution in [0.1, 0.15) is 24.8 Å². The molecule has 2 heterocycles. The second-order valence-corrected chi connectivity index (χ2v) is 7.06. The lowest BCUT2D eigenvalue weighted by Gasteiger charge is -2.16. The first-order valence-corrected chi connectivity index (χ1v) is 9.28. The molecule has 1 amide bonds. The number of aromatic nitrogens is 2. The average Bonchev–Trinajstić information content (AvgIpc) is 3.13. The Hall–Kier alpha value is -2.15. The van der Waals surface area contributed by atoms with Gasteiger partial charge in [0.2, 0.25) is 5.91 Å². The molecule has 0 unspecified atom stereocenters. The molecule has 1 fully saturated rings. The molecule has 25 heavy (non-hydrogen) atoms. The van der Waals surface area contributed by atoms with Crippen molar-refractivity contribution in [1.29, 1.82) is 0 Å². The lowest BCUT2D eigenvalue weighted by Crippen LogP contribution is -2.20. The van der Waals surface area contributed by atoms with Gasteiger partial charge in [-0.2, -0.15) is 0 Å². The van der Waals surface area contributed by atoms with Crippen LogP contribution in [0.3, 0.4) is 0 Å². The van der Waals surface area contributed by atoms with E-state index in [0.717, 1.165) is 40.4 Å². The minimum Gasteiger partial charge on any atom is -0.369 e. The molecule has 1 aliphatic heterocycles. The number of aryl methyl sites for hydroxylation is 1. The van der Waals surface area contributed by atoms with E-state index in [9.17, 15) is 4.79 Å². The molecule has 1 saturated heterocycles. The second kappa shape index (κ2) is 8.29. The zero-order valence-corrected chi connectivity index (χ0v) is 15.8. The summed E-state index contributed by atoms with van der Waals surface area (Å²) in [5.41, 5.74) is 1.87. The normalized spacial score (nSPS) is 13.8. The van der Waals surface area contributed by atoms with E-state index >= 15 is 0 Å². The summed E-state index contributed by atoms with van der Waals surface area (Å²) in [6.45, 7) is 4.59. The molecule has 2 aromatic rings. The number of nitrogens with zero attached hydrogens (tertiary/aromatic N) is 3. The third-order valence-electron chi connectivity index (χ3n) is 4.21. The number of rotatable bonds is 6. The van der Waals surface area contributed by atoms with E-state index in [4.69, 9.17) is 0 Å². The third-order valence-corrected chi connectivity index (χ3v) is 4.71. The fourth-order valence-corrected chi connectivity index (χ4v) is 3.17. The van der Waals surface area contributed by atoms with Crippen LogP contribution < -0.4 is 15.5 Å². The van der Waals surface area contributed by atoms with Gasteiger partial charge in [-0.05, 0) is 37.5 Å². The molecular weight excluding hydrogens is 382 g/mol. The SMILES string of the molecule is Cc1ccc(Br)cc1NC(=O)CCNc1cc(N2CCCC2)ncn1. The molecule has 2 N–H and O–H groups in total. The van der Waals surface area contributed by atoms with E-state index < -0.39 is 0 Å². The number of benzene rings is 1. The van der Waals surface area contributed by atoms with Crippen molar-refractivity contribution in [1.82, 2.24) is 9.97 Å². The number of carbonyl (C=O) groups excluding carboxylic acids is 1. The third kappa shape index (κ3) is 4.92. The highest BCUT2D eigenvalue weighted by Crippen LogP contribution is 2.21. The van der Waals surface area contributed by atoms with Crippen molar-refractivity contribution in [3.8, 4) is 0 Å². The van der Waals surface area contributed by atoms with Gasteiger partial charge in [0, 0.05) is 42.3 Å². The van der Waals surface area contributed by atoms with Crippen molar-refractivity contribution in [3.05, 3.63) is 40.6 Å². The Bertz CT molecular complexity index is 746. The Kier molecular flexibility index (Phi) is 5.86. The number of anilines is 3. The predicted octanol–water partition coefficient (Wildman–Crippen LogP) is 3.59. The first kappa shape index (κ1) is 17.7. The van der Waals surface area contributed by atoms with Gasteiger partial charge < -0.3 is 15.5 Å². The van der Waals surface area contributed by atoms with Crippen molar-refractivity contribution >= 4 is 39.2 Å². The minimum absolute atomic E-state index is 0.0254. The molecular formula is C18H22BrN5O. The lowest BCUT2D eigenvalue weighted by molar-refractivity contribution is -0.115. The number of carbonyl (C=O) groups is 1. The summed E-state index contributed by atoms with van der Waals surface area (Å²) in [4.78, 5) is 23.0. The van der Waals surface area contributed by atoms with Crippen molar-refractivity contribution in [3.63, 3.8) is 0 Å². The van der Waals surface area contributed by atoms with Crippen LogP contribution in [-0.4, -0.2) is 35.5 Å². The van der Waals surface area contributed by atoms with E-state index in [1.807, 2.05) is 31.2 Å².